The lowest BCUT2D eigenvalue weighted by Crippen LogP contribution is -2.39. The Bertz CT molecular complexity index is 1550. The second kappa shape index (κ2) is 9.07. The Labute approximate surface area is 200 Å². The SMILES string of the molecule is CC(=O)c1c(C)oc2ccc(N(C(=O)Oc3ccccc3)S(=O)(=O)c3ccc(C(=O)O)cc3)cc12. The van der Waals surface area contributed by atoms with Crippen LogP contribution < -0.4 is 9.04 Å². The molecule has 0 aliphatic heterocycles. The fourth-order valence-corrected chi connectivity index (χ4v) is 4.94. The summed E-state index contributed by atoms with van der Waals surface area (Å²) in [5.41, 5.74) is 0.394. The molecule has 1 N–H and O–H groups in total. The minimum Gasteiger partial charge on any atom is -0.478 e. The van der Waals surface area contributed by atoms with Crippen molar-refractivity contribution in [3.8, 4) is 5.75 Å². The lowest BCUT2D eigenvalue weighted by molar-refractivity contribution is 0.0696. The molecule has 0 unspecified atom stereocenters. The maximum atomic E-state index is 13.6. The van der Waals surface area contributed by atoms with E-state index < -0.39 is 22.1 Å². The highest BCUT2D eigenvalue weighted by Crippen LogP contribution is 2.33. The third-order valence-electron chi connectivity index (χ3n) is 5.19. The molecule has 4 rings (SSSR count). The molecule has 0 saturated heterocycles. The van der Waals surface area contributed by atoms with E-state index in [4.69, 9.17) is 14.3 Å². The van der Waals surface area contributed by atoms with Crippen molar-refractivity contribution in [2.24, 2.45) is 0 Å². The molecule has 0 radical (unpaired) electrons. The van der Waals surface area contributed by atoms with E-state index >= 15 is 0 Å². The Hall–Kier alpha value is -4.44. The number of ketones is 1. The Morgan fingerprint density at radius 2 is 1.60 bits per heavy atom. The first-order chi connectivity index (χ1) is 16.6. The Morgan fingerprint density at radius 3 is 2.20 bits per heavy atom. The summed E-state index contributed by atoms with van der Waals surface area (Å²) in [7, 11) is -4.56. The molecule has 4 aromatic rings. The maximum absolute atomic E-state index is 13.6. The average Bonchev–Trinajstić information content (AvgIpc) is 3.15. The molecule has 1 amide bonds. The minimum absolute atomic E-state index is 0.0935. The molecule has 0 bridgehead atoms. The highest BCUT2D eigenvalue weighted by atomic mass is 32.2. The third kappa shape index (κ3) is 4.51. The van der Waals surface area contributed by atoms with Crippen LogP contribution in [0, 0.1) is 6.92 Å². The molecule has 0 spiro atoms. The van der Waals surface area contributed by atoms with Crippen molar-refractivity contribution in [2.45, 2.75) is 18.7 Å². The van der Waals surface area contributed by atoms with Crippen molar-refractivity contribution in [1.82, 2.24) is 0 Å². The van der Waals surface area contributed by atoms with Crippen molar-refractivity contribution in [3.05, 3.63) is 89.7 Å². The van der Waals surface area contributed by atoms with Crippen LogP contribution in [0.5, 0.6) is 5.75 Å². The molecule has 0 aliphatic rings. The Morgan fingerprint density at radius 1 is 0.943 bits per heavy atom. The fourth-order valence-electron chi connectivity index (χ4n) is 3.62. The van der Waals surface area contributed by atoms with Crippen molar-refractivity contribution < 1.29 is 37.1 Å². The molecular formula is C25H19NO8S. The summed E-state index contributed by atoms with van der Waals surface area (Å²) in [6.45, 7) is 2.96. The molecule has 35 heavy (non-hydrogen) atoms. The summed E-state index contributed by atoms with van der Waals surface area (Å²) in [6, 6.07) is 16.5. The highest BCUT2D eigenvalue weighted by Gasteiger charge is 2.34. The molecule has 0 aliphatic carbocycles. The number of hydrogen-bond donors (Lipinski definition) is 1. The topological polar surface area (TPSA) is 131 Å². The largest absolute Gasteiger partial charge is 0.478 e. The van der Waals surface area contributed by atoms with Gasteiger partial charge in [-0.3, -0.25) is 4.79 Å². The van der Waals surface area contributed by atoms with Gasteiger partial charge >= 0.3 is 12.1 Å². The molecule has 9 nitrogen and oxygen atoms in total. The van der Waals surface area contributed by atoms with E-state index in [1.807, 2.05) is 0 Å². The standard InChI is InChI=1S/C25H19NO8S/c1-15(27)23-16(2)33-22-13-10-18(14-21(22)23)26(25(30)34-19-6-4-3-5-7-19)35(31,32)20-11-8-17(9-12-20)24(28)29/h3-14H,1-2H3,(H,28,29). The van der Waals surface area contributed by atoms with Crippen LogP contribution >= 0.6 is 0 Å². The molecule has 1 aromatic heterocycles. The number of rotatable bonds is 6. The van der Waals surface area contributed by atoms with Gasteiger partial charge in [-0.15, -0.1) is 0 Å². The number of para-hydroxylation sites is 1. The van der Waals surface area contributed by atoms with E-state index in [9.17, 15) is 22.8 Å². The first kappa shape index (κ1) is 23.7. The van der Waals surface area contributed by atoms with Gasteiger partial charge in [-0.2, -0.15) is 4.31 Å². The number of carbonyl (C=O) groups is 3. The number of hydrogen-bond acceptors (Lipinski definition) is 7. The normalized spacial score (nSPS) is 11.3. The monoisotopic (exact) mass is 493 g/mol. The number of sulfonamides is 1. The van der Waals surface area contributed by atoms with Gasteiger partial charge in [0.05, 0.1) is 21.7 Å². The van der Waals surface area contributed by atoms with E-state index in [0.717, 1.165) is 24.3 Å². The van der Waals surface area contributed by atoms with E-state index in [-0.39, 0.29) is 33.2 Å². The van der Waals surface area contributed by atoms with Crippen molar-refractivity contribution in [1.29, 1.82) is 0 Å². The zero-order valence-corrected chi connectivity index (χ0v) is 19.4. The lowest BCUT2D eigenvalue weighted by atomic mass is 10.1. The lowest BCUT2D eigenvalue weighted by Gasteiger charge is -2.22. The number of nitrogens with zero attached hydrogens (tertiary/aromatic N) is 1. The van der Waals surface area contributed by atoms with Crippen LogP contribution in [0.1, 0.15) is 33.4 Å². The van der Waals surface area contributed by atoms with Gasteiger partial charge in [-0.25, -0.2) is 18.0 Å². The number of Topliss-reactive ketones (excluding diaryl/α,β-unsaturated/α-hetero) is 1. The molecule has 1 heterocycles. The number of carboxylic acid groups (broad SMARTS) is 1. The van der Waals surface area contributed by atoms with E-state index in [1.54, 1.807) is 25.1 Å². The summed E-state index contributed by atoms with van der Waals surface area (Å²) in [5, 5.41) is 9.46. The zero-order chi connectivity index (χ0) is 25.3. The average molecular weight is 493 g/mol. The summed E-state index contributed by atoms with van der Waals surface area (Å²) >= 11 is 0. The molecule has 0 fully saturated rings. The number of furan rings is 1. The Kier molecular flexibility index (Phi) is 6.14. The molecule has 3 aromatic carbocycles. The first-order valence-electron chi connectivity index (χ1n) is 10.3. The van der Waals surface area contributed by atoms with Crippen LogP contribution in [0.3, 0.4) is 0 Å². The number of carboxylic acids is 1. The fraction of sp³-hybridized carbons (Fsp3) is 0.0800. The smallest absolute Gasteiger partial charge is 0.434 e. The van der Waals surface area contributed by atoms with Gasteiger partial charge in [-0.05, 0) is 68.4 Å². The molecule has 10 heteroatoms. The first-order valence-corrected chi connectivity index (χ1v) is 11.7. The number of carbonyl (C=O) groups excluding carboxylic acids is 2. The predicted molar refractivity (Wildman–Crippen MR) is 126 cm³/mol. The van der Waals surface area contributed by atoms with E-state index in [1.165, 1.54) is 37.3 Å². The van der Waals surface area contributed by atoms with Gasteiger partial charge in [-0.1, -0.05) is 18.2 Å². The van der Waals surface area contributed by atoms with Crippen LogP contribution in [0.2, 0.25) is 0 Å². The van der Waals surface area contributed by atoms with Gasteiger partial charge in [0.25, 0.3) is 10.0 Å². The van der Waals surface area contributed by atoms with Crippen LogP contribution in [-0.2, 0) is 10.0 Å². The number of aromatic carboxylic acids is 1. The van der Waals surface area contributed by atoms with Gasteiger partial charge in [0, 0.05) is 5.39 Å². The number of fused-ring (bicyclic) bond motifs is 1. The van der Waals surface area contributed by atoms with Crippen molar-refractivity contribution >= 4 is 44.5 Å². The van der Waals surface area contributed by atoms with Crippen molar-refractivity contribution in [2.75, 3.05) is 4.31 Å². The van der Waals surface area contributed by atoms with Gasteiger partial charge in [0.15, 0.2) is 5.78 Å². The number of amides is 1. The van der Waals surface area contributed by atoms with E-state index in [0.29, 0.717) is 21.0 Å². The second-order valence-electron chi connectivity index (χ2n) is 7.55. The number of ether oxygens (including phenoxy) is 1. The molecular weight excluding hydrogens is 474 g/mol. The molecule has 0 saturated carbocycles. The number of anilines is 1. The second-order valence-corrected chi connectivity index (χ2v) is 9.34. The molecule has 0 atom stereocenters. The van der Waals surface area contributed by atoms with Crippen LogP contribution in [-0.4, -0.2) is 31.4 Å². The molecule has 178 valence electrons. The quantitative estimate of drug-likeness (QED) is 0.370. The van der Waals surface area contributed by atoms with Crippen LogP contribution in [0.25, 0.3) is 11.0 Å². The third-order valence-corrected chi connectivity index (χ3v) is 6.90. The van der Waals surface area contributed by atoms with E-state index in [2.05, 4.69) is 0 Å². The predicted octanol–water partition coefficient (Wildman–Crippen LogP) is 5.04. The Balaban J connectivity index is 1.87. The van der Waals surface area contributed by atoms with Gasteiger partial charge < -0.3 is 14.3 Å². The van der Waals surface area contributed by atoms with Crippen LogP contribution in [0.4, 0.5) is 10.5 Å². The summed E-state index contributed by atoms with van der Waals surface area (Å²) in [5.74, 6) is -1.05. The van der Waals surface area contributed by atoms with Crippen molar-refractivity contribution in [3.63, 3.8) is 0 Å². The minimum atomic E-state index is -4.56. The summed E-state index contributed by atoms with van der Waals surface area (Å²) in [6.07, 6.45) is -1.22. The van der Waals surface area contributed by atoms with Gasteiger partial charge in [0.1, 0.15) is 17.1 Å². The summed E-state index contributed by atoms with van der Waals surface area (Å²) in [4.78, 5) is 36.2. The highest BCUT2D eigenvalue weighted by molar-refractivity contribution is 7.93. The van der Waals surface area contributed by atoms with Crippen LogP contribution in [0.15, 0.2) is 82.1 Å². The number of aryl methyl sites for hydroxylation is 1. The zero-order valence-electron chi connectivity index (χ0n) is 18.6. The number of benzene rings is 3. The summed E-state index contributed by atoms with van der Waals surface area (Å²) < 4.78 is 38.6. The van der Waals surface area contributed by atoms with Gasteiger partial charge in [0.2, 0.25) is 0 Å². The maximum Gasteiger partial charge on any atom is 0.434 e.